The fourth-order valence-corrected chi connectivity index (χ4v) is 2.83. The molecule has 0 fully saturated rings. The Morgan fingerprint density at radius 1 is 1.29 bits per heavy atom. The third-order valence-corrected chi connectivity index (χ3v) is 4.44. The van der Waals surface area contributed by atoms with Gasteiger partial charge in [-0.3, -0.25) is 4.99 Å². The maximum absolute atomic E-state index is 11.2. The molecule has 1 aromatic rings. The maximum Gasteiger partial charge on any atom is 0.191 e. The highest BCUT2D eigenvalue weighted by Crippen LogP contribution is 2.09. The van der Waals surface area contributed by atoms with Crippen LogP contribution in [0.15, 0.2) is 35.3 Å². The number of anilines is 1. The third kappa shape index (κ3) is 9.96. The van der Waals surface area contributed by atoms with Gasteiger partial charge in [0.2, 0.25) is 0 Å². The SMILES string of the molecule is CN=C(NCCN(C)c1ccccc1)NC(C)CCS(C)(=O)=O.I. The summed E-state index contributed by atoms with van der Waals surface area (Å²) in [5, 5.41) is 6.45. The number of para-hydroxylation sites is 1. The second-order valence-corrected chi connectivity index (χ2v) is 7.98. The van der Waals surface area contributed by atoms with Crippen molar-refractivity contribution in [2.75, 3.05) is 44.1 Å². The molecule has 8 heteroatoms. The summed E-state index contributed by atoms with van der Waals surface area (Å²) in [5.41, 5.74) is 1.17. The standard InChI is InChI=1S/C16H28N4O2S.HI/c1-14(10-13-23(4,21)22)19-16(17-2)18-11-12-20(3)15-8-6-5-7-9-15;/h5-9,14H,10-13H2,1-4H3,(H2,17,18,19);1H. The molecule has 0 aliphatic heterocycles. The summed E-state index contributed by atoms with van der Waals surface area (Å²) in [4.78, 5) is 6.33. The molecule has 0 heterocycles. The summed E-state index contributed by atoms with van der Waals surface area (Å²) >= 11 is 0. The monoisotopic (exact) mass is 468 g/mol. The van der Waals surface area contributed by atoms with Gasteiger partial charge in [0.05, 0.1) is 5.75 Å². The van der Waals surface area contributed by atoms with Crippen molar-refractivity contribution in [2.24, 2.45) is 4.99 Å². The minimum atomic E-state index is -2.93. The Bertz CT molecular complexity index is 593. The molecule has 0 spiro atoms. The number of hydrogen-bond donors (Lipinski definition) is 2. The van der Waals surface area contributed by atoms with E-state index in [1.54, 1.807) is 7.05 Å². The van der Waals surface area contributed by atoms with Gasteiger partial charge in [-0.2, -0.15) is 0 Å². The van der Waals surface area contributed by atoms with Crippen LogP contribution < -0.4 is 15.5 Å². The molecule has 0 radical (unpaired) electrons. The van der Waals surface area contributed by atoms with Crippen molar-refractivity contribution in [3.05, 3.63) is 30.3 Å². The van der Waals surface area contributed by atoms with Crippen molar-refractivity contribution in [3.8, 4) is 0 Å². The van der Waals surface area contributed by atoms with Gasteiger partial charge >= 0.3 is 0 Å². The van der Waals surface area contributed by atoms with Gasteiger partial charge in [0.25, 0.3) is 0 Å². The second-order valence-electron chi connectivity index (χ2n) is 5.72. The molecule has 24 heavy (non-hydrogen) atoms. The molecule has 0 aliphatic rings. The number of nitrogens with one attached hydrogen (secondary N) is 2. The molecule has 0 bridgehead atoms. The van der Waals surface area contributed by atoms with E-state index in [0.29, 0.717) is 12.4 Å². The van der Waals surface area contributed by atoms with Crippen molar-refractivity contribution in [1.82, 2.24) is 10.6 Å². The highest BCUT2D eigenvalue weighted by Gasteiger charge is 2.09. The molecular weight excluding hydrogens is 439 g/mol. The molecule has 1 aromatic carbocycles. The molecular formula is C16H29IN4O2S. The molecule has 1 rings (SSSR count). The summed E-state index contributed by atoms with van der Waals surface area (Å²) in [6.45, 7) is 3.53. The Hall–Kier alpha value is -1.03. The summed E-state index contributed by atoms with van der Waals surface area (Å²) in [7, 11) is 0.824. The van der Waals surface area contributed by atoms with Gasteiger partial charge in [-0.15, -0.1) is 24.0 Å². The number of aliphatic imine (C=N–C) groups is 1. The number of nitrogens with zero attached hydrogens (tertiary/aromatic N) is 2. The zero-order valence-electron chi connectivity index (χ0n) is 14.8. The first kappa shape index (κ1) is 23.0. The minimum Gasteiger partial charge on any atom is -0.373 e. The summed E-state index contributed by atoms with van der Waals surface area (Å²) in [6, 6.07) is 10.2. The van der Waals surface area contributed by atoms with Gasteiger partial charge in [-0.1, -0.05) is 18.2 Å². The Kier molecular flexibility index (Phi) is 11.0. The molecule has 0 saturated heterocycles. The zero-order chi connectivity index (χ0) is 17.3. The number of hydrogen-bond acceptors (Lipinski definition) is 4. The molecule has 2 N–H and O–H groups in total. The normalized spacial score (nSPS) is 12.9. The summed E-state index contributed by atoms with van der Waals surface area (Å²) < 4.78 is 22.4. The van der Waals surface area contributed by atoms with Crippen LogP contribution in [0.25, 0.3) is 0 Å². The second kappa shape index (κ2) is 11.5. The number of benzene rings is 1. The number of likely N-dealkylation sites (N-methyl/N-ethyl adjacent to an activating group) is 1. The van der Waals surface area contributed by atoms with Gasteiger partial charge in [-0.05, 0) is 25.5 Å². The summed E-state index contributed by atoms with van der Waals surface area (Å²) in [6.07, 6.45) is 1.82. The van der Waals surface area contributed by atoms with Crippen LogP contribution in [0.4, 0.5) is 5.69 Å². The number of guanidine groups is 1. The zero-order valence-corrected chi connectivity index (χ0v) is 18.0. The molecule has 0 aliphatic carbocycles. The lowest BCUT2D eigenvalue weighted by Gasteiger charge is -2.21. The van der Waals surface area contributed by atoms with E-state index < -0.39 is 9.84 Å². The Labute approximate surface area is 163 Å². The van der Waals surface area contributed by atoms with Crippen molar-refractivity contribution < 1.29 is 8.42 Å². The molecule has 6 nitrogen and oxygen atoms in total. The Balaban J connectivity index is 0.00000529. The van der Waals surface area contributed by atoms with E-state index in [1.807, 2.05) is 32.2 Å². The van der Waals surface area contributed by atoms with E-state index >= 15 is 0 Å². The van der Waals surface area contributed by atoms with E-state index in [4.69, 9.17) is 0 Å². The first-order valence-corrected chi connectivity index (χ1v) is 9.79. The molecule has 0 saturated carbocycles. The number of halogens is 1. The first-order chi connectivity index (χ1) is 10.8. The first-order valence-electron chi connectivity index (χ1n) is 7.73. The topological polar surface area (TPSA) is 73.8 Å². The Morgan fingerprint density at radius 3 is 2.46 bits per heavy atom. The largest absolute Gasteiger partial charge is 0.373 e. The van der Waals surface area contributed by atoms with Gasteiger partial charge in [0, 0.05) is 45.2 Å². The average Bonchev–Trinajstić information content (AvgIpc) is 2.52. The van der Waals surface area contributed by atoms with Crippen LogP contribution in [0.3, 0.4) is 0 Å². The highest BCUT2D eigenvalue weighted by molar-refractivity contribution is 14.0. The number of rotatable bonds is 8. The van der Waals surface area contributed by atoms with Gasteiger partial charge < -0.3 is 15.5 Å². The molecule has 138 valence electrons. The lowest BCUT2D eigenvalue weighted by Crippen LogP contribution is -2.45. The van der Waals surface area contributed by atoms with Crippen LogP contribution >= 0.6 is 24.0 Å². The van der Waals surface area contributed by atoms with Crippen LogP contribution in [0.1, 0.15) is 13.3 Å². The van der Waals surface area contributed by atoms with E-state index in [0.717, 1.165) is 13.1 Å². The quantitative estimate of drug-likeness (QED) is 0.346. The van der Waals surface area contributed by atoms with Crippen LogP contribution in [-0.2, 0) is 9.84 Å². The van der Waals surface area contributed by atoms with Gasteiger partial charge in [0.15, 0.2) is 5.96 Å². The fraction of sp³-hybridized carbons (Fsp3) is 0.562. The van der Waals surface area contributed by atoms with E-state index in [2.05, 4.69) is 32.7 Å². The van der Waals surface area contributed by atoms with Crippen molar-refractivity contribution in [1.29, 1.82) is 0 Å². The van der Waals surface area contributed by atoms with Crippen LogP contribution in [-0.4, -0.2) is 59.6 Å². The number of sulfone groups is 1. The van der Waals surface area contributed by atoms with Crippen LogP contribution in [0, 0.1) is 0 Å². The molecule has 0 amide bonds. The minimum absolute atomic E-state index is 0. The molecule has 1 unspecified atom stereocenters. The predicted molar refractivity (Wildman–Crippen MR) is 113 cm³/mol. The van der Waals surface area contributed by atoms with Gasteiger partial charge in [0.1, 0.15) is 9.84 Å². The van der Waals surface area contributed by atoms with Crippen molar-refractivity contribution in [3.63, 3.8) is 0 Å². The lowest BCUT2D eigenvalue weighted by atomic mass is 10.3. The van der Waals surface area contributed by atoms with Crippen molar-refractivity contribution in [2.45, 2.75) is 19.4 Å². The third-order valence-electron chi connectivity index (χ3n) is 3.47. The van der Waals surface area contributed by atoms with E-state index in [1.165, 1.54) is 11.9 Å². The van der Waals surface area contributed by atoms with Crippen LogP contribution in [0.5, 0.6) is 0 Å². The molecule has 1 atom stereocenters. The maximum atomic E-state index is 11.2. The van der Waals surface area contributed by atoms with E-state index in [9.17, 15) is 8.42 Å². The predicted octanol–water partition coefficient (Wildman–Crippen LogP) is 1.73. The lowest BCUT2D eigenvalue weighted by molar-refractivity contribution is 0.581. The van der Waals surface area contributed by atoms with Gasteiger partial charge in [-0.25, -0.2) is 8.42 Å². The highest BCUT2D eigenvalue weighted by atomic mass is 127. The van der Waals surface area contributed by atoms with Crippen LogP contribution in [0.2, 0.25) is 0 Å². The van der Waals surface area contributed by atoms with Crippen molar-refractivity contribution >= 4 is 45.5 Å². The fourth-order valence-electron chi connectivity index (χ4n) is 2.04. The molecule has 0 aromatic heterocycles. The van der Waals surface area contributed by atoms with E-state index in [-0.39, 0.29) is 35.8 Å². The summed E-state index contributed by atoms with van der Waals surface area (Å²) in [5.74, 6) is 0.863. The smallest absolute Gasteiger partial charge is 0.191 e. The Morgan fingerprint density at radius 2 is 1.92 bits per heavy atom. The average molecular weight is 468 g/mol.